The molecule has 4 heteroatoms. The highest BCUT2D eigenvalue weighted by Gasteiger charge is 2.63. The zero-order valence-electron chi connectivity index (χ0n) is 30.9. The molecule has 0 saturated heterocycles. The van der Waals surface area contributed by atoms with Crippen LogP contribution in [0, 0.1) is 41.9 Å². The van der Waals surface area contributed by atoms with Gasteiger partial charge in [-0.15, -0.1) is 0 Å². The van der Waals surface area contributed by atoms with Crippen molar-refractivity contribution in [3.8, 4) is 73.6 Å². The normalized spacial score (nSPS) is 22.7. The Bertz CT molecular complexity index is 2660. The van der Waals surface area contributed by atoms with Crippen LogP contribution < -0.4 is 0 Å². The molecule has 4 saturated carbocycles. The summed E-state index contributed by atoms with van der Waals surface area (Å²) in [7, 11) is 0. The first-order valence-electron chi connectivity index (χ1n) is 19.8. The van der Waals surface area contributed by atoms with Gasteiger partial charge >= 0.3 is 0 Å². The Morgan fingerprint density at radius 3 is 1.65 bits per heavy atom. The van der Waals surface area contributed by atoms with E-state index in [-0.39, 0.29) is 5.41 Å². The van der Waals surface area contributed by atoms with Crippen LogP contribution in [0.15, 0.2) is 140 Å². The van der Waals surface area contributed by atoms with Crippen molar-refractivity contribution in [2.45, 2.75) is 44.4 Å². The first-order valence-corrected chi connectivity index (χ1v) is 19.8. The Balaban J connectivity index is 1.14. The van der Waals surface area contributed by atoms with E-state index in [0.717, 1.165) is 45.5 Å². The maximum atomic E-state index is 9.84. The zero-order chi connectivity index (χ0) is 36.7. The largest absolute Gasteiger partial charge is 0.208 e. The lowest BCUT2D eigenvalue weighted by Gasteiger charge is -2.61. The van der Waals surface area contributed by atoms with Crippen molar-refractivity contribution in [1.29, 1.82) is 5.26 Å². The molecule has 4 fully saturated rings. The smallest absolute Gasteiger partial charge is 0.164 e. The van der Waals surface area contributed by atoms with Gasteiger partial charge in [-0.1, -0.05) is 133 Å². The number of rotatable bonds is 5. The third-order valence-electron chi connectivity index (χ3n) is 13.4. The molecule has 12 rings (SSSR count). The van der Waals surface area contributed by atoms with Crippen molar-refractivity contribution < 1.29 is 0 Å². The van der Waals surface area contributed by atoms with E-state index in [1.165, 1.54) is 71.0 Å². The van der Waals surface area contributed by atoms with Gasteiger partial charge in [0.25, 0.3) is 0 Å². The molecule has 1 spiro atoms. The van der Waals surface area contributed by atoms with Gasteiger partial charge in [-0.3, -0.25) is 0 Å². The number of aryl methyl sites for hydroxylation is 1. The molecule has 0 radical (unpaired) electrons. The molecule has 5 aliphatic carbocycles. The minimum atomic E-state index is -0.139. The van der Waals surface area contributed by atoms with Crippen LogP contribution in [0.4, 0.5) is 0 Å². The van der Waals surface area contributed by atoms with Crippen molar-refractivity contribution in [1.82, 2.24) is 15.0 Å². The van der Waals surface area contributed by atoms with Crippen LogP contribution in [0.1, 0.15) is 54.4 Å². The number of hydrogen-bond acceptors (Lipinski definition) is 4. The highest BCUT2D eigenvalue weighted by Crippen LogP contribution is 2.71. The van der Waals surface area contributed by atoms with Crippen LogP contribution in [-0.4, -0.2) is 15.0 Å². The van der Waals surface area contributed by atoms with Gasteiger partial charge in [-0.05, 0) is 119 Å². The summed E-state index contributed by atoms with van der Waals surface area (Å²) in [4.78, 5) is 15.8. The van der Waals surface area contributed by atoms with Gasteiger partial charge in [0.05, 0.1) is 11.6 Å². The summed E-state index contributed by atoms with van der Waals surface area (Å²) in [6, 6.07) is 52.0. The summed E-state index contributed by atoms with van der Waals surface area (Å²) >= 11 is 0. The molecule has 0 atom stereocenters. The molecule has 1 heterocycles. The second kappa shape index (κ2) is 12.4. The molecule has 4 bridgehead atoms. The average molecular weight is 709 g/mol. The van der Waals surface area contributed by atoms with Crippen molar-refractivity contribution >= 4 is 0 Å². The summed E-state index contributed by atoms with van der Waals surface area (Å²) in [5.74, 6) is 4.90. The van der Waals surface area contributed by atoms with Crippen LogP contribution in [0.2, 0.25) is 0 Å². The first-order chi connectivity index (χ1) is 27.1. The van der Waals surface area contributed by atoms with Crippen LogP contribution in [0.3, 0.4) is 0 Å². The summed E-state index contributed by atoms with van der Waals surface area (Å²) in [5, 5.41) is 9.84. The van der Waals surface area contributed by atoms with Crippen molar-refractivity contribution in [2.75, 3.05) is 0 Å². The molecule has 0 unspecified atom stereocenters. The fourth-order valence-electron chi connectivity index (χ4n) is 11.5. The van der Waals surface area contributed by atoms with E-state index in [1.807, 2.05) is 30.3 Å². The van der Waals surface area contributed by atoms with Gasteiger partial charge in [-0.25, -0.2) is 15.0 Å². The first kappa shape index (κ1) is 32.3. The molecule has 1 aromatic heterocycles. The van der Waals surface area contributed by atoms with Gasteiger partial charge in [-0.2, -0.15) is 5.26 Å². The molecule has 55 heavy (non-hydrogen) atoms. The van der Waals surface area contributed by atoms with Crippen LogP contribution in [0.5, 0.6) is 0 Å². The highest BCUT2D eigenvalue weighted by molar-refractivity contribution is 5.93. The molecule has 0 N–H and O–H groups in total. The topological polar surface area (TPSA) is 62.5 Å². The van der Waals surface area contributed by atoms with E-state index in [0.29, 0.717) is 29.0 Å². The maximum absolute atomic E-state index is 9.84. The predicted molar refractivity (Wildman–Crippen MR) is 220 cm³/mol. The number of fused-ring (bicyclic) bond motifs is 3. The minimum absolute atomic E-state index is 0.139. The monoisotopic (exact) mass is 708 g/mol. The van der Waals surface area contributed by atoms with Gasteiger partial charge in [0.15, 0.2) is 17.5 Å². The molecule has 0 amide bonds. The lowest BCUT2D eigenvalue weighted by atomic mass is 9.42. The standard InChI is InChI=1S/C51H40N4/c1-31-10-7-14-37(24-31)49-53-48(36-11-3-2-4-12-36)54-50(55-49)45-19-9-18-44-43-17-8-16-42(35-22-20-34(21-23-35)41-15-6-5-13-38(41)30-52)46(43)51(47(44)45)39-26-32-25-33(28-39)29-40(51)27-32/h2-24,32-33,39-40H,25-29H2,1H3. The predicted octanol–water partition coefficient (Wildman–Crippen LogP) is 12.1. The molecule has 264 valence electrons. The quantitative estimate of drug-likeness (QED) is 0.179. The summed E-state index contributed by atoms with van der Waals surface area (Å²) in [6.07, 6.45) is 6.50. The van der Waals surface area contributed by atoms with E-state index in [9.17, 15) is 5.26 Å². The molecule has 5 aliphatic rings. The van der Waals surface area contributed by atoms with Crippen LogP contribution in [0.25, 0.3) is 67.5 Å². The van der Waals surface area contributed by atoms with Crippen molar-refractivity contribution in [3.05, 3.63) is 162 Å². The van der Waals surface area contributed by atoms with Gasteiger partial charge in [0.2, 0.25) is 0 Å². The Morgan fingerprint density at radius 2 is 0.982 bits per heavy atom. The lowest BCUT2D eigenvalue weighted by molar-refractivity contribution is -0.0395. The number of hydrogen-bond donors (Lipinski definition) is 0. The molecule has 0 aliphatic heterocycles. The SMILES string of the molecule is Cc1cccc(-c2nc(-c3ccccc3)nc(-c3cccc4c3C3(c5c(-c6ccc(-c7ccccc7C#N)cc6)cccc5-4)C4CC5CC(C4)CC3C5)n2)c1. The van der Waals surface area contributed by atoms with E-state index < -0.39 is 0 Å². The number of nitriles is 1. The number of nitrogens with zero attached hydrogens (tertiary/aromatic N) is 4. The maximum Gasteiger partial charge on any atom is 0.164 e. The molecule has 4 nitrogen and oxygen atoms in total. The lowest BCUT2D eigenvalue weighted by Crippen LogP contribution is -2.55. The Hall–Kier alpha value is -6.18. The van der Waals surface area contributed by atoms with Crippen molar-refractivity contribution in [2.24, 2.45) is 23.7 Å². The molecule has 6 aromatic carbocycles. The summed E-state index contributed by atoms with van der Waals surface area (Å²) in [5.41, 5.74) is 15.1. The number of aromatic nitrogens is 3. The van der Waals surface area contributed by atoms with Crippen LogP contribution >= 0.6 is 0 Å². The fraction of sp³-hybridized carbons (Fsp3) is 0.216. The third kappa shape index (κ3) is 4.92. The molecule has 7 aromatic rings. The van der Waals surface area contributed by atoms with E-state index >= 15 is 0 Å². The minimum Gasteiger partial charge on any atom is -0.208 e. The Labute approximate surface area is 322 Å². The summed E-state index contributed by atoms with van der Waals surface area (Å²) < 4.78 is 0. The van der Waals surface area contributed by atoms with Gasteiger partial charge < -0.3 is 0 Å². The molecular weight excluding hydrogens is 669 g/mol. The molecular formula is C51H40N4. The second-order valence-corrected chi connectivity index (χ2v) is 16.4. The van der Waals surface area contributed by atoms with E-state index in [4.69, 9.17) is 15.0 Å². The van der Waals surface area contributed by atoms with Crippen molar-refractivity contribution in [3.63, 3.8) is 0 Å². The third-order valence-corrected chi connectivity index (χ3v) is 13.4. The second-order valence-electron chi connectivity index (χ2n) is 16.4. The average Bonchev–Trinajstić information content (AvgIpc) is 3.54. The van der Waals surface area contributed by atoms with Gasteiger partial charge in [0, 0.05) is 22.1 Å². The highest BCUT2D eigenvalue weighted by atomic mass is 15.0. The zero-order valence-corrected chi connectivity index (χ0v) is 30.9. The Kier molecular flexibility index (Phi) is 7.29. The van der Waals surface area contributed by atoms with Crippen LogP contribution in [-0.2, 0) is 5.41 Å². The number of benzene rings is 6. The Morgan fingerprint density at radius 1 is 0.473 bits per heavy atom. The van der Waals surface area contributed by atoms with E-state index in [2.05, 4.69) is 122 Å². The summed E-state index contributed by atoms with van der Waals surface area (Å²) in [6.45, 7) is 2.12. The van der Waals surface area contributed by atoms with E-state index in [1.54, 1.807) is 0 Å². The fourth-order valence-corrected chi connectivity index (χ4v) is 11.5. The van der Waals surface area contributed by atoms with Gasteiger partial charge in [0.1, 0.15) is 0 Å².